The average Bonchev–Trinajstić information content (AvgIpc) is 2.75. The molecule has 16 heavy (non-hydrogen) atoms. The van der Waals surface area contributed by atoms with E-state index in [4.69, 9.17) is 5.73 Å². The Balaban J connectivity index is 2.36. The first-order valence-electron chi connectivity index (χ1n) is 4.73. The Morgan fingerprint density at radius 1 is 1.50 bits per heavy atom. The summed E-state index contributed by atoms with van der Waals surface area (Å²) in [5, 5.41) is 13.4. The van der Waals surface area contributed by atoms with Gasteiger partial charge in [-0.25, -0.2) is 9.89 Å². The summed E-state index contributed by atoms with van der Waals surface area (Å²) in [6, 6.07) is 0.0434. The topological polar surface area (TPSA) is 105 Å². The van der Waals surface area contributed by atoms with Crippen LogP contribution in [0.3, 0.4) is 0 Å². The molecule has 0 bridgehead atoms. The van der Waals surface area contributed by atoms with Crippen LogP contribution in [0.5, 0.6) is 0 Å². The number of nitrogens with zero attached hydrogens (tertiary/aromatic N) is 3. The van der Waals surface area contributed by atoms with Gasteiger partial charge in [0.25, 0.3) is 0 Å². The Hall–Kier alpha value is -1.70. The maximum atomic E-state index is 11.5. The molecular weight excluding hydrogens is 228 g/mol. The van der Waals surface area contributed by atoms with Crippen LogP contribution in [-0.4, -0.2) is 25.0 Å². The highest BCUT2D eigenvalue weighted by atomic mass is 32.2. The van der Waals surface area contributed by atoms with Gasteiger partial charge in [0, 0.05) is 6.04 Å². The molecule has 0 aliphatic heterocycles. The SMILES string of the molecule is CC(C)n1c(Sc2cn[nH]c2N)n[nH]c1=O. The molecule has 2 heterocycles. The van der Waals surface area contributed by atoms with Gasteiger partial charge in [0.2, 0.25) is 0 Å². The van der Waals surface area contributed by atoms with Crippen LogP contribution in [0.1, 0.15) is 19.9 Å². The van der Waals surface area contributed by atoms with Crippen molar-refractivity contribution in [2.24, 2.45) is 0 Å². The van der Waals surface area contributed by atoms with Crippen molar-refractivity contribution in [3.05, 3.63) is 16.7 Å². The lowest BCUT2D eigenvalue weighted by atomic mass is 10.4. The standard InChI is InChI=1S/C8H12N6OS/c1-4(2)14-7(15)12-13-8(14)16-5-3-10-11-6(5)9/h3-4H,1-2H3,(H,12,15)(H3,9,10,11). The van der Waals surface area contributed by atoms with Gasteiger partial charge < -0.3 is 5.73 Å². The summed E-state index contributed by atoms with van der Waals surface area (Å²) in [6.07, 6.45) is 1.60. The van der Waals surface area contributed by atoms with Crippen molar-refractivity contribution in [2.75, 3.05) is 5.73 Å². The highest BCUT2D eigenvalue weighted by Crippen LogP contribution is 2.29. The van der Waals surface area contributed by atoms with Gasteiger partial charge in [-0.1, -0.05) is 0 Å². The molecular formula is C8H12N6OS. The Labute approximate surface area is 95.4 Å². The van der Waals surface area contributed by atoms with E-state index >= 15 is 0 Å². The third-order valence-corrected chi connectivity index (χ3v) is 3.04. The van der Waals surface area contributed by atoms with E-state index in [0.29, 0.717) is 11.0 Å². The number of anilines is 1. The van der Waals surface area contributed by atoms with Crippen LogP contribution in [0.4, 0.5) is 5.82 Å². The summed E-state index contributed by atoms with van der Waals surface area (Å²) in [5.74, 6) is 0.468. The molecule has 0 amide bonds. The van der Waals surface area contributed by atoms with Crippen LogP contribution in [0, 0.1) is 0 Å². The molecule has 0 saturated carbocycles. The first-order chi connectivity index (χ1) is 7.59. The first kappa shape index (κ1) is 10.8. The zero-order valence-corrected chi connectivity index (χ0v) is 9.71. The minimum absolute atomic E-state index is 0.0434. The molecule has 7 nitrogen and oxygen atoms in total. The van der Waals surface area contributed by atoms with Gasteiger partial charge in [-0.15, -0.1) is 5.10 Å². The van der Waals surface area contributed by atoms with Crippen molar-refractivity contribution in [3.8, 4) is 0 Å². The molecule has 0 spiro atoms. The number of rotatable bonds is 3. The molecule has 8 heteroatoms. The highest BCUT2D eigenvalue weighted by Gasteiger charge is 2.14. The molecule has 0 unspecified atom stereocenters. The van der Waals surface area contributed by atoms with Crippen LogP contribution in [0.15, 0.2) is 21.0 Å². The number of hydrogen-bond acceptors (Lipinski definition) is 5. The molecule has 0 fully saturated rings. The van der Waals surface area contributed by atoms with E-state index in [1.54, 1.807) is 10.8 Å². The van der Waals surface area contributed by atoms with Crippen molar-refractivity contribution < 1.29 is 0 Å². The van der Waals surface area contributed by atoms with E-state index in [-0.39, 0.29) is 11.7 Å². The predicted octanol–water partition coefficient (Wildman–Crippen LogP) is 0.609. The molecule has 0 radical (unpaired) electrons. The number of hydrogen-bond donors (Lipinski definition) is 3. The average molecular weight is 240 g/mol. The Bertz CT molecular complexity index is 539. The molecule has 0 atom stereocenters. The lowest BCUT2D eigenvalue weighted by Crippen LogP contribution is -2.19. The van der Waals surface area contributed by atoms with Crippen molar-refractivity contribution >= 4 is 17.6 Å². The first-order valence-corrected chi connectivity index (χ1v) is 5.55. The monoisotopic (exact) mass is 240 g/mol. The second-order valence-electron chi connectivity index (χ2n) is 3.53. The number of aromatic nitrogens is 5. The van der Waals surface area contributed by atoms with E-state index in [0.717, 1.165) is 4.90 Å². The summed E-state index contributed by atoms with van der Waals surface area (Å²) in [5.41, 5.74) is 5.43. The van der Waals surface area contributed by atoms with E-state index in [2.05, 4.69) is 20.4 Å². The fourth-order valence-corrected chi connectivity index (χ4v) is 2.22. The summed E-state index contributed by atoms with van der Waals surface area (Å²) < 4.78 is 1.57. The highest BCUT2D eigenvalue weighted by molar-refractivity contribution is 7.99. The molecule has 86 valence electrons. The summed E-state index contributed by atoms with van der Waals surface area (Å²) in [7, 11) is 0. The van der Waals surface area contributed by atoms with Gasteiger partial charge in [0.15, 0.2) is 5.16 Å². The van der Waals surface area contributed by atoms with Gasteiger partial charge >= 0.3 is 5.69 Å². The zero-order valence-electron chi connectivity index (χ0n) is 8.89. The molecule has 2 aromatic rings. The maximum Gasteiger partial charge on any atom is 0.344 e. The van der Waals surface area contributed by atoms with Gasteiger partial charge in [-0.3, -0.25) is 9.67 Å². The van der Waals surface area contributed by atoms with Crippen molar-refractivity contribution in [1.82, 2.24) is 25.0 Å². The maximum absolute atomic E-state index is 11.5. The molecule has 4 N–H and O–H groups in total. The van der Waals surface area contributed by atoms with Crippen LogP contribution in [-0.2, 0) is 0 Å². The molecule has 0 aliphatic carbocycles. The Kier molecular flexibility index (Phi) is 2.73. The van der Waals surface area contributed by atoms with Crippen LogP contribution in [0.25, 0.3) is 0 Å². The molecule has 2 rings (SSSR count). The number of nitrogen functional groups attached to an aromatic ring is 1. The zero-order chi connectivity index (χ0) is 11.7. The van der Waals surface area contributed by atoms with Crippen molar-refractivity contribution in [2.45, 2.75) is 29.9 Å². The van der Waals surface area contributed by atoms with Crippen molar-refractivity contribution in [3.63, 3.8) is 0 Å². The van der Waals surface area contributed by atoms with Gasteiger partial charge in [-0.05, 0) is 25.6 Å². The third kappa shape index (κ3) is 1.83. The quantitative estimate of drug-likeness (QED) is 0.729. The van der Waals surface area contributed by atoms with E-state index in [9.17, 15) is 4.79 Å². The smallest absolute Gasteiger partial charge is 0.344 e. The Morgan fingerprint density at radius 2 is 2.25 bits per heavy atom. The summed E-state index contributed by atoms with van der Waals surface area (Å²) in [6.45, 7) is 3.83. The largest absolute Gasteiger partial charge is 0.383 e. The third-order valence-electron chi connectivity index (χ3n) is 2.02. The van der Waals surface area contributed by atoms with Gasteiger partial charge in [0.1, 0.15) is 5.82 Å². The number of aromatic amines is 2. The number of nitrogens with two attached hydrogens (primary N) is 1. The van der Waals surface area contributed by atoms with Gasteiger partial charge in [-0.2, -0.15) is 5.10 Å². The summed E-state index contributed by atoms with van der Waals surface area (Å²) in [4.78, 5) is 12.2. The molecule has 0 aromatic carbocycles. The number of nitrogens with one attached hydrogen (secondary N) is 2. The second kappa shape index (κ2) is 4.05. The van der Waals surface area contributed by atoms with E-state index in [1.807, 2.05) is 13.8 Å². The van der Waals surface area contributed by atoms with Crippen LogP contribution < -0.4 is 11.4 Å². The van der Waals surface area contributed by atoms with Crippen LogP contribution in [0.2, 0.25) is 0 Å². The fraction of sp³-hybridized carbons (Fsp3) is 0.375. The minimum atomic E-state index is -0.223. The Morgan fingerprint density at radius 3 is 2.81 bits per heavy atom. The van der Waals surface area contributed by atoms with Crippen molar-refractivity contribution in [1.29, 1.82) is 0 Å². The fourth-order valence-electron chi connectivity index (χ4n) is 1.28. The minimum Gasteiger partial charge on any atom is -0.383 e. The van der Waals surface area contributed by atoms with Gasteiger partial charge in [0.05, 0.1) is 11.1 Å². The summed E-state index contributed by atoms with van der Waals surface area (Å²) >= 11 is 1.30. The normalized spacial score (nSPS) is 11.2. The molecule has 2 aromatic heterocycles. The lowest BCUT2D eigenvalue weighted by Gasteiger charge is -2.07. The lowest BCUT2D eigenvalue weighted by molar-refractivity contribution is 0.534. The second-order valence-corrected chi connectivity index (χ2v) is 4.53. The predicted molar refractivity (Wildman–Crippen MR) is 60.4 cm³/mol. The molecule has 0 aliphatic rings. The molecule has 0 saturated heterocycles. The van der Waals surface area contributed by atoms with E-state index in [1.165, 1.54) is 11.8 Å². The number of H-pyrrole nitrogens is 2. The van der Waals surface area contributed by atoms with E-state index < -0.39 is 0 Å². The van der Waals surface area contributed by atoms with Crippen LogP contribution >= 0.6 is 11.8 Å².